The van der Waals surface area contributed by atoms with Gasteiger partial charge in [-0.05, 0) is 19.2 Å². The summed E-state index contributed by atoms with van der Waals surface area (Å²) in [4.78, 5) is 25.5. The third-order valence-electron chi connectivity index (χ3n) is 4.01. The zero-order valence-corrected chi connectivity index (χ0v) is 14.5. The molecule has 0 spiro atoms. The molecular formula is C19H22N2O4. The van der Waals surface area contributed by atoms with Crippen molar-refractivity contribution in [1.82, 2.24) is 4.90 Å². The van der Waals surface area contributed by atoms with Gasteiger partial charge in [-0.2, -0.15) is 0 Å². The molecule has 0 aliphatic rings. The highest BCUT2D eigenvalue weighted by molar-refractivity contribution is 6.11. The molecule has 2 aromatic rings. The molecule has 6 heteroatoms. The number of ketones is 1. The molecule has 0 unspecified atom stereocenters. The van der Waals surface area contributed by atoms with Crippen LogP contribution in [0.4, 0.5) is 5.69 Å². The molecule has 132 valence electrons. The summed E-state index contributed by atoms with van der Waals surface area (Å²) in [6.45, 7) is 7.10. The Morgan fingerprint density at radius 2 is 1.80 bits per heavy atom. The second kappa shape index (κ2) is 8.94. The molecule has 0 saturated heterocycles. The molecule has 0 saturated carbocycles. The predicted molar refractivity (Wildman–Crippen MR) is 96.3 cm³/mol. The van der Waals surface area contributed by atoms with Gasteiger partial charge in [0, 0.05) is 24.2 Å². The predicted octanol–water partition coefficient (Wildman–Crippen LogP) is 3.55. The van der Waals surface area contributed by atoms with Gasteiger partial charge in [0.05, 0.1) is 10.5 Å². The number of nitro groups is 1. The van der Waals surface area contributed by atoms with Gasteiger partial charge in [-0.25, -0.2) is 0 Å². The van der Waals surface area contributed by atoms with E-state index in [1.807, 2.05) is 6.07 Å². The van der Waals surface area contributed by atoms with Crippen LogP contribution in [0, 0.1) is 10.1 Å². The van der Waals surface area contributed by atoms with Crippen molar-refractivity contribution in [2.45, 2.75) is 13.8 Å². The van der Waals surface area contributed by atoms with Gasteiger partial charge in [0.2, 0.25) is 0 Å². The number of ether oxygens (including phenoxy) is 1. The standard InChI is InChI=1S/C19H22N2O4/c1-3-20(4-2)12-13-25-18-11-10-16(21(23)24)14-17(18)19(22)15-8-6-5-7-9-15/h5-11,14H,3-4,12-13H2,1-2H3. The fourth-order valence-corrected chi connectivity index (χ4v) is 2.50. The average molecular weight is 342 g/mol. The lowest BCUT2D eigenvalue weighted by molar-refractivity contribution is -0.384. The number of likely N-dealkylation sites (N-methyl/N-ethyl adjacent to an activating group) is 1. The summed E-state index contributed by atoms with van der Waals surface area (Å²) in [7, 11) is 0. The van der Waals surface area contributed by atoms with Crippen LogP contribution in [0.2, 0.25) is 0 Å². The highest BCUT2D eigenvalue weighted by Crippen LogP contribution is 2.26. The van der Waals surface area contributed by atoms with Crippen LogP contribution in [0.3, 0.4) is 0 Å². The van der Waals surface area contributed by atoms with Crippen LogP contribution in [0.1, 0.15) is 29.8 Å². The largest absolute Gasteiger partial charge is 0.491 e. The molecule has 6 nitrogen and oxygen atoms in total. The number of carbonyl (C=O) groups excluding carboxylic acids is 1. The summed E-state index contributed by atoms with van der Waals surface area (Å²) in [6, 6.07) is 12.8. The van der Waals surface area contributed by atoms with Gasteiger partial charge >= 0.3 is 0 Å². The highest BCUT2D eigenvalue weighted by Gasteiger charge is 2.19. The minimum absolute atomic E-state index is 0.129. The third-order valence-corrected chi connectivity index (χ3v) is 4.01. The van der Waals surface area contributed by atoms with Crippen LogP contribution in [-0.2, 0) is 0 Å². The second-order valence-corrected chi connectivity index (χ2v) is 5.51. The molecule has 0 amide bonds. The Bertz CT molecular complexity index is 727. The molecule has 0 N–H and O–H groups in total. The maximum Gasteiger partial charge on any atom is 0.270 e. The van der Waals surface area contributed by atoms with Crippen molar-refractivity contribution in [2.24, 2.45) is 0 Å². The molecule has 0 aromatic heterocycles. The van der Waals surface area contributed by atoms with Gasteiger partial charge in [-0.15, -0.1) is 0 Å². The van der Waals surface area contributed by atoms with Crippen LogP contribution >= 0.6 is 0 Å². The van der Waals surface area contributed by atoms with Crippen molar-refractivity contribution < 1.29 is 14.5 Å². The summed E-state index contributed by atoms with van der Waals surface area (Å²) in [5, 5.41) is 11.1. The monoisotopic (exact) mass is 342 g/mol. The van der Waals surface area contributed by atoms with Crippen molar-refractivity contribution in [3.8, 4) is 5.75 Å². The minimum atomic E-state index is -0.512. The van der Waals surface area contributed by atoms with Crippen molar-refractivity contribution in [3.63, 3.8) is 0 Å². The van der Waals surface area contributed by atoms with Crippen LogP contribution in [-0.4, -0.2) is 41.8 Å². The Balaban J connectivity index is 2.26. The summed E-state index contributed by atoms with van der Waals surface area (Å²) in [5.74, 6) is 0.0775. The Hall–Kier alpha value is -2.73. The van der Waals surface area contributed by atoms with Crippen molar-refractivity contribution in [2.75, 3.05) is 26.2 Å². The van der Waals surface area contributed by atoms with Gasteiger partial charge in [0.15, 0.2) is 5.78 Å². The quantitative estimate of drug-likeness (QED) is 0.396. The van der Waals surface area contributed by atoms with E-state index in [1.54, 1.807) is 24.3 Å². The van der Waals surface area contributed by atoms with Crippen LogP contribution in [0.25, 0.3) is 0 Å². The van der Waals surface area contributed by atoms with Crippen molar-refractivity contribution in [1.29, 1.82) is 0 Å². The molecular weight excluding hydrogens is 320 g/mol. The number of non-ortho nitro benzene ring substituents is 1. The van der Waals surface area contributed by atoms with E-state index in [0.29, 0.717) is 17.9 Å². The van der Waals surface area contributed by atoms with E-state index in [1.165, 1.54) is 18.2 Å². The van der Waals surface area contributed by atoms with E-state index in [9.17, 15) is 14.9 Å². The van der Waals surface area contributed by atoms with E-state index in [-0.39, 0.29) is 17.0 Å². The first-order valence-electron chi connectivity index (χ1n) is 8.30. The van der Waals surface area contributed by atoms with Crippen molar-refractivity contribution in [3.05, 3.63) is 69.8 Å². The van der Waals surface area contributed by atoms with E-state index in [2.05, 4.69) is 18.7 Å². The molecule has 0 bridgehead atoms. The lowest BCUT2D eigenvalue weighted by Crippen LogP contribution is -2.28. The Labute approximate surface area is 147 Å². The maximum atomic E-state index is 12.7. The fraction of sp³-hybridized carbons (Fsp3) is 0.316. The summed E-state index contributed by atoms with van der Waals surface area (Å²) in [6.07, 6.45) is 0. The number of carbonyl (C=O) groups is 1. The zero-order chi connectivity index (χ0) is 18.2. The number of hydrogen-bond donors (Lipinski definition) is 0. The molecule has 0 radical (unpaired) electrons. The first-order chi connectivity index (χ1) is 12.1. The molecule has 0 aliphatic heterocycles. The lowest BCUT2D eigenvalue weighted by atomic mass is 10.0. The van der Waals surface area contributed by atoms with E-state index < -0.39 is 4.92 Å². The first kappa shape index (κ1) is 18.6. The normalized spacial score (nSPS) is 10.7. The Morgan fingerprint density at radius 1 is 1.12 bits per heavy atom. The zero-order valence-electron chi connectivity index (χ0n) is 14.5. The van der Waals surface area contributed by atoms with Crippen LogP contribution in [0.15, 0.2) is 48.5 Å². The number of hydrogen-bond acceptors (Lipinski definition) is 5. The smallest absolute Gasteiger partial charge is 0.270 e. The first-order valence-corrected chi connectivity index (χ1v) is 8.30. The number of rotatable bonds is 9. The van der Waals surface area contributed by atoms with E-state index >= 15 is 0 Å². The maximum absolute atomic E-state index is 12.7. The lowest BCUT2D eigenvalue weighted by Gasteiger charge is -2.18. The molecule has 25 heavy (non-hydrogen) atoms. The van der Waals surface area contributed by atoms with Gasteiger partial charge < -0.3 is 9.64 Å². The highest BCUT2D eigenvalue weighted by atomic mass is 16.6. The van der Waals surface area contributed by atoms with Crippen molar-refractivity contribution >= 4 is 11.5 Å². The van der Waals surface area contributed by atoms with Gasteiger partial charge in [0.25, 0.3) is 5.69 Å². The SMILES string of the molecule is CCN(CC)CCOc1ccc([N+](=O)[O-])cc1C(=O)c1ccccc1. The Morgan fingerprint density at radius 3 is 2.40 bits per heavy atom. The second-order valence-electron chi connectivity index (χ2n) is 5.51. The molecule has 0 atom stereocenters. The van der Waals surface area contributed by atoms with E-state index in [0.717, 1.165) is 19.6 Å². The molecule has 0 heterocycles. The summed E-state index contributed by atoms with van der Waals surface area (Å²) < 4.78 is 5.76. The van der Waals surface area contributed by atoms with Gasteiger partial charge in [0.1, 0.15) is 12.4 Å². The molecule has 2 rings (SSSR count). The molecule has 0 fully saturated rings. The molecule has 2 aromatic carbocycles. The molecule has 0 aliphatic carbocycles. The fourth-order valence-electron chi connectivity index (χ4n) is 2.50. The number of nitrogens with zero attached hydrogens (tertiary/aromatic N) is 2. The van der Waals surface area contributed by atoms with Crippen LogP contribution in [0.5, 0.6) is 5.75 Å². The Kier molecular flexibility index (Phi) is 6.65. The summed E-state index contributed by atoms with van der Waals surface area (Å²) >= 11 is 0. The number of benzene rings is 2. The van der Waals surface area contributed by atoms with Crippen LogP contribution < -0.4 is 4.74 Å². The third kappa shape index (κ3) is 4.87. The minimum Gasteiger partial charge on any atom is -0.491 e. The van der Waals surface area contributed by atoms with E-state index in [4.69, 9.17) is 4.74 Å². The number of nitro benzene ring substituents is 1. The summed E-state index contributed by atoms with van der Waals surface area (Å²) in [5.41, 5.74) is 0.548. The topological polar surface area (TPSA) is 72.7 Å². The van der Waals surface area contributed by atoms with Gasteiger partial charge in [-0.3, -0.25) is 14.9 Å². The average Bonchev–Trinajstić information content (AvgIpc) is 2.65. The van der Waals surface area contributed by atoms with Gasteiger partial charge in [-0.1, -0.05) is 44.2 Å².